The van der Waals surface area contributed by atoms with Crippen LogP contribution in [0.4, 0.5) is 4.79 Å². The van der Waals surface area contributed by atoms with Crippen molar-refractivity contribution < 1.29 is 19.2 Å². The first-order valence-corrected chi connectivity index (χ1v) is 5.43. The molecule has 0 aliphatic carbocycles. The lowest BCUT2D eigenvalue weighted by Gasteiger charge is -2.27. The van der Waals surface area contributed by atoms with E-state index >= 15 is 0 Å². The van der Waals surface area contributed by atoms with E-state index in [9.17, 15) is 19.2 Å². The van der Waals surface area contributed by atoms with Crippen molar-refractivity contribution in [2.24, 2.45) is 0 Å². The van der Waals surface area contributed by atoms with Gasteiger partial charge in [-0.15, -0.1) is 0 Å². The Bertz CT molecular complexity index is 541. The number of urea groups is 1. The van der Waals surface area contributed by atoms with Crippen LogP contribution in [0.25, 0.3) is 0 Å². The van der Waals surface area contributed by atoms with Crippen LogP contribution in [0, 0.1) is 0 Å². The molecule has 0 bridgehead atoms. The molecule has 0 spiro atoms. The van der Waals surface area contributed by atoms with E-state index in [-0.39, 0.29) is 6.54 Å². The summed E-state index contributed by atoms with van der Waals surface area (Å²) in [7, 11) is 0. The van der Waals surface area contributed by atoms with Crippen LogP contribution in [0.1, 0.15) is 0 Å². The zero-order valence-electron chi connectivity index (χ0n) is 9.93. The molecule has 2 rings (SSSR count). The molecule has 0 aromatic rings. The van der Waals surface area contributed by atoms with Crippen molar-refractivity contribution in [3.8, 4) is 0 Å². The fourth-order valence-corrected chi connectivity index (χ4v) is 1.98. The minimum Gasteiger partial charge on any atom is -0.314 e. The average Bonchev–Trinajstić information content (AvgIpc) is 2.56. The molecular formula is C12H11N3O4. The Hall–Kier alpha value is -2.70. The van der Waals surface area contributed by atoms with Gasteiger partial charge in [-0.25, -0.2) is 4.79 Å². The predicted octanol–water partition coefficient (Wildman–Crippen LogP) is -0.768. The average molecular weight is 261 g/mol. The van der Waals surface area contributed by atoms with E-state index in [4.69, 9.17) is 0 Å². The number of rotatable bonds is 2. The highest BCUT2D eigenvalue weighted by Gasteiger charge is 2.44. The number of nitrogens with zero attached hydrogens (tertiary/aromatic N) is 1. The highest BCUT2D eigenvalue weighted by Crippen LogP contribution is 2.24. The van der Waals surface area contributed by atoms with Gasteiger partial charge in [0.15, 0.2) is 6.04 Å². The molecule has 19 heavy (non-hydrogen) atoms. The van der Waals surface area contributed by atoms with Crippen LogP contribution in [0.5, 0.6) is 0 Å². The van der Waals surface area contributed by atoms with Gasteiger partial charge >= 0.3 is 6.03 Å². The molecule has 2 aliphatic heterocycles. The number of barbiturate groups is 1. The molecule has 5 amide bonds. The number of carbonyl (C=O) groups excluding carboxylic acids is 4. The third-order valence-electron chi connectivity index (χ3n) is 2.80. The normalized spacial score (nSPS) is 22.8. The smallest absolute Gasteiger partial charge is 0.314 e. The quantitative estimate of drug-likeness (QED) is 0.504. The summed E-state index contributed by atoms with van der Waals surface area (Å²) in [6.07, 6.45) is 2.89. The fraction of sp³-hybridized carbons (Fsp3) is 0.167. The first-order chi connectivity index (χ1) is 8.95. The molecule has 7 heteroatoms. The van der Waals surface area contributed by atoms with Gasteiger partial charge in [0, 0.05) is 12.1 Å². The van der Waals surface area contributed by atoms with Gasteiger partial charge in [-0.1, -0.05) is 19.2 Å². The topological polar surface area (TPSA) is 95.6 Å². The second kappa shape index (κ2) is 4.52. The summed E-state index contributed by atoms with van der Waals surface area (Å²) in [6, 6.07) is -2.25. The van der Waals surface area contributed by atoms with Gasteiger partial charge < -0.3 is 4.90 Å². The van der Waals surface area contributed by atoms with Crippen molar-refractivity contribution in [3.05, 3.63) is 36.5 Å². The van der Waals surface area contributed by atoms with Gasteiger partial charge in [-0.2, -0.15) is 0 Å². The Morgan fingerprint density at radius 3 is 2.26 bits per heavy atom. The largest absolute Gasteiger partial charge is 0.328 e. The summed E-state index contributed by atoms with van der Waals surface area (Å²) in [4.78, 5) is 47.4. The van der Waals surface area contributed by atoms with Gasteiger partial charge in [0.2, 0.25) is 0 Å². The minimum absolute atomic E-state index is 0.0538. The van der Waals surface area contributed by atoms with Crippen molar-refractivity contribution in [3.63, 3.8) is 0 Å². The van der Waals surface area contributed by atoms with E-state index in [1.807, 2.05) is 10.6 Å². The van der Waals surface area contributed by atoms with E-state index in [2.05, 4.69) is 13.2 Å². The molecule has 2 fully saturated rings. The molecule has 7 nitrogen and oxygen atoms in total. The van der Waals surface area contributed by atoms with Gasteiger partial charge in [-0.05, 0) is 11.6 Å². The number of nitrogens with one attached hydrogen (secondary N) is 2. The van der Waals surface area contributed by atoms with Crippen LogP contribution in [0.3, 0.4) is 0 Å². The van der Waals surface area contributed by atoms with Crippen LogP contribution in [0.2, 0.25) is 0 Å². The van der Waals surface area contributed by atoms with Gasteiger partial charge in [0.1, 0.15) is 0 Å². The van der Waals surface area contributed by atoms with Crippen molar-refractivity contribution in [2.75, 3.05) is 6.54 Å². The lowest BCUT2D eigenvalue weighted by molar-refractivity contribution is -0.144. The first kappa shape index (κ1) is 12.7. The third-order valence-corrected chi connectivity index (χ3v) is 2.80. The van der Waals surface area contributed by atoms with E-state index in [0.717, 1.165) is 4.90 Å². The second-order valence-electron chi connectivity index (χ2n) is 4.06. The number of imide groups is 2. The standard InChI is InChI=1S/C12H11N3O4/c1-3-4-7-6(2)5-15(11(7)18)8-9(16)13-12(19)14-10(8)17/h3-4,8H,1-2,5H2,(H2,13,14,16,17,19)/b7-4+. The molecule has 2 N–H and O–H groups in total. The maximum absolute atomic E-state index is 12.1. The number of allylic oxidation sites excluding steroid dienone is 2. The maximum Gasteiger partial charge on any atom is 0.328 e. The monoisotopic (exact) mass is 261 g/mol. The summed E-state index contributed by atoms with van der Waals surface area (Å²) < 4.78 is 0. The van der Waals surface area contributed by atoms with E-state index in [1.165, 1.54) is 12.2 Å². The lowest BCUT2D eigenvalue weighted by atomic mass is 10.1. The summed E-state index contributed by atoms with van der Waals surface area (Å²) in [5.74, 6) is -2.14. The molecule has 0 aromatic carbocycles. The summed E-state index contributed by atoms with van der Waals surface area (Å²) in [6.45, 7) is 7.24. The highest BCUT2D eigenvalue weighted by atomic mass is 16.2. The predicted molar refractivity (Wildman–Crippen MR) is 64.6 cm³/mol. The van der Waals surface area contributed by atoms with Gasteiger partial charge in [-0.3, -0.25) is 25.0 Å². The SMILES string of the molecule is C=C/C=C1\C(=C)CN(C2C(=O)NC(=O)NC2=O)C1=O. The minimum atomic E-state index is -1.36. The summed E-state index contributed by atoms with van der Waals surface area (Å²) >= 11 is 0. The summed E-state index contributed by atoms with van der Waals surface area (Å²) in [5.41, 5.74) is 0.787. The molecule has 0 aromatic heterocycles. The lowest BCUT2D eigenvalue weighted by Crippen LogP contribution is -2.64. The molecule has 2 saturated heterocycles. The van der Waals surface area contributed by atoms with Crippen molar-refractivity contribution in [1.82, 2.24) is 15.5 Å². The number of likely N-dealkylation sites (tertiary alicyclic amines) is 1. The number of amides is 5. The Morgan fingerprint density at radius 1 is 1.16 bits per heavy atom. The Morgan fingerprint density at radius 2 is 1.74 bits per heavy atom. The Balaban J connectivity index is 2.31. The van der Waals surface area contributed by atoms with Crippen LogP contribution in [-0.4, -0.2) is 41.2 Å². The molecule has 0 atom stereocenters. The molecule has 2 heterocycles. The van der Waals surface area contributed by atoms with Crippen LogP contribution >= 0.6 is 0 Å². The fourth-order valence-electron chi connectivity index (χ4n) is 1.98. The highest BCUT2D eigenvalue weighted by molar-refractivity contribution is 6.21. The van der Waals surface area contributed by atoms with Crippen LogP contribution in [0.15, 0.2) is 36.5 Å². The van der Waals surface area contributed by atoms with E-state index < -0.39 is 29.8 Å². The summed E-state index contributed by atoms with van der Waals surface area (Å²) in [5, 5.41) is 3.89. The van der Waals surface area contributed by atoms with E-state index in [1.54, 1.807) is 0 Å². The Labute approximate surface area is 108 Å². The van der Waals surface area contributed by atoms with Gasteiger partial charge in [0.25, 0.3) is 17.7 Å². The molecule has 0 saturated carbocycles. The zero-order valence-corrected chi connectivity index (χ0v) is 9.93. The molecule has 0 radical (unpaired) electrons. The van der Waals surface area contributed by atoms with Gasteiger partial charge in [0.05, 0.1) is 0 Å². The zero-order chi connectivity index (χ0) is 14.2. The third kappa shape index (κ3) is 2.05. The second-order valence-corrected chi connectivity index (χ2v) is 4.06. The molecule has 98 valence electrons. The molecular weight excluding hydrogens is 250 g/mol. The van der Waals surface area contributed by atoms with E-state index in [0.29, 0.717) is 11.1 Å². The first-order valence-electron chi connectivity index (χ1n) is 5.43. The number of carbonyl (C=O) groups is 4. The number of hydrogen-bond acceptors (Lipinski definition) is 4. The van der Waals surface area contributed by atoms with Crippen molar-refractivity contribution in [2.45, 2.75) is 6.04 Å². The van der Waals surface area contributed by atoms with Crippen molar-refractivity contribution in [1.29, 1.82) is 0 Å². The number of hydrogen-bond donors (Lipinski definition) is 2. The molecule has 0 unspecified atom stereocenters. The van der Waals surface area contributed by atoms with Crippen molar-refractivity contribution >= 4 is 23.8 Å². The maximum atomic E-state index is 12.1. The Kier molecular flexibility index (Phi) is 3.04. The molecule has 2 aliphatic rings. The van der Waals surface area contributed by atoms with Crippen LogP contribution < -0.4 is 10.6 Å². The van der Waals surface area contributed by atoms with Crippen LogP contribution in [-0.2, 0) is 14.4 Å².